The van der Waals surface area contributed by atoms with Crippen molar-refractivity contribution in [3.8, 4) is 0 Å². The summed E-state index contributed by atoms with van der Waals surface area (Å²) in [4.78, 5) is 15.1. The van der Waals surface area contributed by atoms with Gasteiger partial charge in [-0.05, 0) is 24.5 Å². The van der Waals surface area contributed by atoms with Gasteiger partial charge in [-0.25, -0.2) is 0 Å². The zero-order valence-corrected chi connectivity index (χ0v) is 12.4. The predicted molar refractivity (Wildman–Crippen MR) is 78.5 cm³/mol. The quantitative estimate of drug-likeness (QED) is 0.545. The summed E-state index contributed by atoms with van der Waals surface area (Å²) in [5, 5.41) is 10.5. The number of unbranched alkanes of at least 4 members (excludes halogenated alkanes) is 3. The number of methoxy groups -OCH3 is 1. The van der Waals surface area contributed by atoms with E-state index in [2.05, 4.69) is 20.1 Å². The summed E-state index contributed by atoms with van der Waals surface area (Å²) in [6.07, 6.45) is 8.24. The first-order chi connectivity index (χ1) is 10.3. The summed E-state index contributed by atoms with van der Waals surface area (Å²) in [6, 6.07) is 4.07. The number of hydrogen-bond donors (Lipinski definition) is 0. The van der Waals surface area contributed by atoms with E-state index in [-0.39, 0.29) is 12.0 Å². The van der Waals surface area contributed by atoms with Crippen LogP contribution in [0.3, 0.4) is 0 Å². The second kappa shape index (κ2) is 8.34. The summed E-state index contributed by atoms with van der Waals surface area (Å²) in [6.45, 7) is 1.74. The number of pyridine rings is 1. The molecule has 6 heteroatoms. The molecule has 2 rings (SSSR count). The van der Waals surface area contributed by atoms with Crippen molar-refractivity contribution in [2.75, 3.05) is 20.2 Å². The highest BCUT2D eigenvalue weighted by Crippen LogP contribution is 2.24. The average Bonchev–Trinajstić information content (AvgIpc) is 3.00. The Kier molecular flexibility index (Phi) is 6.12. The first-order valence-corrected chi connectivity index (χ1v) is 7.42. The average molecular weight is 290 g/mol. The Labute approximate surface area is 125 Å². The van der Waals surface area contributed by atoms with Crippen LogP contribution in [0.15, 0.2) is 34.9 Å². The first-order valence-electron chi connectivity index (χ1n) is 7.42. The number of ether oxygens (including phenoxy) is 1. The molecule has 114 valence electrons. The van der Waals surface area contributed by atoms with Gasteiger partial charge in [-0.15, -0.1) is 0 Å². The molecule has 0 N–H and O–H groups in total. The standard InChI is InChI=1S/C15H22N4O2/c1-21-15(20)8-4-2-3-5-10-19-12-14(17-18-19)13-7-6-9-16-11-13/h6-7,9,11,14H,2-5,8,10,12H2,1H3. The molecular weight excluding hydrogens is 268 g/mol. The van der Waals surface area contributed by atoms with Crippen LogP contribution in [-0.2, 0) is 9.53 Å². The molecule has 6 nitrogen and oxygen atoms in total. The molecule has 0 saturated carbocycles. The second-order valence-electron chi connectivity index (χ2n) is 5.16. The Morgan fingerprint density at radius 3 is 3.00 bits per heavy atom. The van der Waals surface area contributed by atoms with E-state index in [4.69, 9.17) is 0 Å². The van der Waals surface area contributed by atoms with Crippen LogP contribution < -0.4 is 0 Å². The lowest BCUT2D eigenvalue weighted by atomic mass is 10.1. The van der Waals surface area contributed by atoms with E-state index in [1.54, 1.807) is 6.20 Å². The SMILES string of the molecule is COC(=O)CCCCCCN1CC(c2cccnc2)N=N1. The van der Waals surface area contributed by atoms with Crippen LogP contribution in [0.5, 0.6) is 0 Å². The van der Waals surface area contributed by atoms with Crippen LogP contribution in [0.1, 0.15) is 43.7 Å². The Morgan fingerprint density at radius 2 is 2.24 bits per heavy atom. The molecule has 0 spiro atoms. The highest BCUT2D eigenvalue weighted by molar-refractivity contribution is 5.68. The molecule has 1 atom stereocenters. The fourth-order valence-electron chi connectivity index (χ4n) is 2.31. The van der Waals surface area contributed by atoms with E-state index in [1.165, 1.54) is 7.11 Å². The molecular formula is C15H22N4O2. The third-order valence-corrected chi connectivity index (χ3v) is 3.55. The first kappa shape index (κ1) is 15.4. The predicted octanol–water partition coefficient (Wildman–Crippen LogP) is 2.93. The smallest absolute Gasteiger partial charge is 0.305 e. The molecule has 1 aliphatic heterocycles. The van der Waals surface area contributed by atoms with Gasteiger partial charge in [-0.2, -0.15) is 5.11 Å². The van der Waals surface area contributed by atoms with Crippen molar-refractivity contribution in [2.45, 2.75) is 38.1 Å². The molecule has 1 aromatic rings. The molecule has 0 bridgehead atoms. The Bertz CT molecular complexity index is 464. The molecule has 0 aromatic carbocycles. The maximum atomic E-state index is 11.0. The molecule has 0 amide bonds. The number of carbonyl (C=O) groups excluding carboxylic acids is 1. The van der Waals surface area contributed by atoms with E-state index >= 15 is 0 Å². The van der Waals surface area contributed by atoms with Crippen LogP contribution in [-0.4, -0.2) is 36.2 Å². The monoisotopic (exact) mass is 290 g/mol. The third-order valence-electron chi connectivity index (χ3n) is 3.55. The molecule has 0 radical (unpaired) electrons. The van der Waals surface area contributed by atoms with Crippen molar-refractivity contribution in [1.82, 2.24) is 9.99 Å². The van der Waals surface area contributed by atoms with E-state index in [0.717, 1.165) is 44.3 Å². The van der Waals surface area contributed by atoms with Crippen molar-refractivity contribution >= 4 is 5.97 Å². The Hall–Kier alpha value is -1.98. The molecule has 1 aliphatic rings. The number of aromatic nitrogens is 1. The zero-order valence-electron chi connectivity index (χ0n) is 12.4. The van der Waals surface area contributed by atoms with Gasteiger partial charge in [0.1, 0.15) is 6.04 Å². The minimum atomic E-state index is -0.123. The van der Waals surface area contributed by atoms with Gasteiger partial charge in [0.15, 0.2) is 0 Å². The maximum absolute atomic E-state index is 11.0. The number of esters is 1. The Morgan fingerprint density at radius 1 is 1.38 bits per heavy atom. The van der Waals surface area contributed by atoms with Crippen LogP contribution in [0.4, 0.5) is 0 Å². The van der Waals surface area contributed by atoms with E-state index < -0.39 is 0 Å². The highest BCUT2D eigenvalue weighted by Gasteiger charge is 2.20. The van der Waals surface area contributed by atoms with Gasteiger partial charge in [0.05, 0.1) is 13.7 Å². The molecule has 2 heterocycles. The van der Waals surface area contributed by atoms with Crippen LogP contribution >= 0.6 is 0 Å². The Balaban J connectivity index is 1.57. The number of carbonyl (C=O) groups is 1. The summed E-state index contributed by atoms with van der Waals surface area (Å²) < 4.78 is 4.61. The minimum Gasteiger partial charge on any atom is -0.469 e. The molecule has 1 unspecified atom stereocenters. The van der Waals surface area contributed by atoms with E-state index in [9.17, 15) is 4.79 Å². The number of nitrogens with zero attached hydrogens (tertiary/aromatic N) is 4. The molecule has 0 fully saturated rings. The van der Waals surface area contributed by atoms with E-state index in [1.807, 2.05) is 23.3 Å². The maximum Gasteiger partial charge on any atom is 0.305 e. The normalized spacial score (nSPS) is 17.2. The van der Waals surface area contributed by atoms with Gasteiger partial charge in [0, 0.05) is 25.4 Å². The second-order valence-corrected chi connectivity index (χ2v) is 5.16. The van der Waals surface area contributed by atoms with Crippen molar-refractivity contribution in [3.63, 3.8) is 0 Å². The fourth-order valence-corrected chi connectivity index (χ4v) is 2.31. The van der Waals surface area contributed by atoms with Gasteiger partial charge in [-0.1, -0.05) is 24.1 Å². The van der Waals surface area contributed by atoms with Crippen molar-refractivity contribution in [1.29, 1.82) is 0 Å². The minimum absolute atomic E-state index is 0.109. The van der Waals surface area contributed by atoms with Crippen molar-refractivity contribution < 1.29 is 9.53 Å². The molecule has 0 saturated heterocycles. The summed E-state index contributed by atoms with van der Waals surface area (Å²) in [5.74, 6) is -0.123. The van der Waals surface area contributed by atoms with Crippen LogP contribution in [0.25, 0.3) is 0 Å². The van der Waals surface area contributed by atoms with Crippen LogP contribution in [0, 0.1) is 0 Å². The van der Waals surface area contributed by atoms with Gasteiger partial charge >= 0.3 is 5.97 Å². The van der Waals surface area contributed by atoms with Gasteiger partial charge in [0.2, 0.25) is 0 Å². The molecule has 0 aliphatic carbocycles. The fraction of sp³-hybridized carbons (Fsp3) is 0.600. The summed E-state index contributed by atoms with van der Waals surface area (Å²) >= 11 is 0. The molecule has 1 aromatic heterocycles. The van der Waals surface area contributed by atoms with Crippen molar-refractivity contribution in [2.24, 2.45) is 10.3 Å². The summed E-state index contributed by atoms with van der Waals surface area (Å²) in [5.41, 5.74) is 1.11. The largest absolute Gasteiger partial charge is 0.469 e. The third kappa shape index (κ3) is 5.13. The van der Waals surface area contributed by atoms with Crippen LogP contribution in [0.2, 0.25) is 0 Å². The molecule has 21 heavy (non-hydrogen) atoms. The topological polar surface area (TPSA) is 67.2 Å². The van der Waals surface area contributed by atoms with Crippen molar-refractivity contribution in [3.05, 3.63) is 30.1 Å². The van der Waals surface area contributed by atoms with E-state index in [0.29, 0.717) is 6.42 Å². The van der Waals surface area contributed by atoms with Gasteiger partial charge < -0.3 is 4.74 Å². The lowest BCUT2D eigenvalue weighted by Gasteiger charge is -2.13. The van der Waals surface area contributed by atoms with Gasteiger partial charge in [-0.3, -0.25) is 14.8 Å². The van der Waals surface area contributed by atoms with Gasteiger partial charge in [0.25, 0.3) is 0 Å². The zero-order chi connectivity index (χ0) is 14.9. The lowest BCUT2D eigenvalue weighted by molar-refractivity contribution is -0.140. The highest BCUT2D eigenvalue weighted by atomic mass is 16.5. The number of rotatable bonds is 8. The number of hydrogen-bond acceptors (Lipinski definition) is 6. The summed E-state index contributed by atoms with van der Waals surface area (Å²) in [7, 11) is 1.43. The lowest BCUT2D eigenvalue weighted by Crippen LogP contribution is -2.18.